The van der Waals surface area contributed by atoms with E-state index in [-0.39, 0.29) is 11.9 Å². The number of halogens is 1. The molecule has 1 atom stereocenters. The Balaban J connectivity index is 2.00. The first-order chi connectivity index (χ1) is 8.66. The van der Waals surface area contributed by atoms with Crippen LogP contribution in [0.15, 0.2) is 48.5 Å². The van der Waals surface area contributed by atoms with Crippen LogP contribution >= 0.6 is 0 Å². The second-order valence-electron chi connectivity index (χ2n) is 4.59. The molecule has 0 radical (unpaired) electrons. The van der Waals surface area contributed by atoms with Crippen molar-refractivity contribution in [1.29, 1.82) is 0 Å². The summed E-state index contributed by atoms with van der Waals surface area (Å²) in [5.74, 6) is -0.183. The molecule has 0 aliphatic rings. The molecule has 2 heteroatoms. The monoisotopic (exact) mass is 243 g/mol. The molecule has 0 amide bonds. The van der Waals surface area contributed by atoms with Gasteiger partial charge in [0.2, 0.25) is 0 Å². The number of rotatable bonds is 4. The minimum Gasteiger partial charge on any atom is -0.306 e. The van der Waals surface area contributed by atoms with Gasteiger partial charge in [-0.1, -0.05) is 36.4 Å². The van der Waals surface area contributed by atoms with Crippen molar-refractivity contribution in [2.24, 2.45) is 0 Å². The highest BCUT2D eigenvalue weighted by molar-refractivity contribution is 5.28. The molecule has 0 heterocycles. The Kier molecular flexibility index (Phi) is 4.11. The van der Waals surface area contributed by atoms with Crippen molar-refractivity contribution in [3.8, 4) is 0 Å². The first-order valence-corrected chi connectivity index (χ1v) is 6.20. The van der Waals surface area contributed by atoms with Crippen LogP contribution < -0.4 is 5.32 Å². The molecule has 94 valence electrons. The summed E-state index contributed by atoms with van der Waals surface area (Å²) >= 11 is 0. The zero-order valence-electron chi connectivity index (χ0n) is 10.8. The zero-order valence-corrected chi connectivity index (χ0v) is 10.8. The third kappa shape index (κ3) is 3.17. The van der Waals surface area contributed by atoms with Crippen molar-refractivity contribution in [1.82, 2.24) is 5.32 Å². The predicted octanol–water partition coefficient (Wildman–Crippen LogP) is 3.98. The van der Waals surface area contributed by atoms with Crippen LogP contribution in [0.4, 0.5) is 4.39 Å². The van der Waals surface area contributed by atoms with Gasteiger partial charge in [0.05, 0.1) is 0 Å². The summed E-state index contributed by atoms with van der Waals surface area (Å²) in [6, 6.07) is 15.3. The van der Waals surface area contributed by atoms with Crippen LogP contribution in [0, 0.1) is 12.7 Å². The maximum absolute atomic E-state index is 13.1. The molecule has 0 unspecified atom stereocenters. The van der Waals surface area contributed by atoms with Gasteiger partial charge < -0.3 is 5.32 Å². The van der Waals surface area contributed by atoms with Gasteiger partial charge in [0, 0.05) is 12.6 Å². The van der Waals surface area contributed by atoms with Crippen LogP contribution in [0.1, 0.15) is 29.7 Å². The first-order valence-electron chi connectivity index (χ1n) is 6.20. The van der Waals surface area contributed by atoms with Gasteiger partial charge in [0.15, 0.2) is 0 Å². The lowest BCUT2D eigenvalue weighted by Gasteiger charge is -2.16. The summed E-state index contributed by atoms with van der Waals surface area (Å²) in [6.45, 7) is 4.91. The molecule has 2 rings (SSSR count). The molecule has 1 N–H and O–H groups in total. The van der Waals surface area contributed by atoms with Gasteiger partial charge in [0.1, 0.15) is 5.82 Å². The highest BCUT2D eigenvalue weighted by atomic mass is 19.1. The second-order valence-corrected chi connectivity index (χ2v) is 4.59. The Morgan fingerprint density at radius 3 is 2.61 bits per heavy atom. The van der Waals surface area contributed by atoms with Crippen molar-refractivity contribution in [2.75, 3.05) is 0 Å². The Labute approximate surface area is 108 Å². The highest BCUT2D eigenvalue weighted by Crippen LogP contribution is 2.17. The van der Waals surface area contributed by atoms with Gasteiger partial charge in [-0.05, 0) is 42.7 Å². The van der Waals surface area contributed by atoms with Crippen molar-refractivity contribution in [3.63, 3.8) is 0 Å². The fourth-order valence-corrected chi connectivity index (χ4v) is 2.10. The zero-order chi connectivity index (χ0) is 13.0. The van der Waals surface area contributed by atoms with Crippen LogP contribution in [0.2, 0.25) is 0 Å². The van der Waals surface area contributed by atoms with Crippen molar-refractivity contribution >= 4 is 0 Å². The molecule has 0 aliphatic carbocycles. The lowest BCUT2D eigenvalue weighted by atomic mass is 10.0. The van der Waals surface area contributed by atoms with Gasteiger partial charge in [0.25, 0.3) is 0 Å². The van der Waals surface area contributed by atoms with E-state index in [9.17, 15) is 4.39 Å². The molecule has 0 aromatic heterocycles. The van der Waals surface area contributed by atoms with E-state index in [1.165, 1.54) is 17.2 Å². The standard InChI is InChI=1S/C16H18FN/c1-12-6-3-4-9-16(12)13(2)18-11-14-7-5-8-15(17)10-14/h3-10,13,18H,11H2,1-2H3/t13-/m0/s1. The number of aryl methyl sites for hydroxylation is 1. The molecule has 0 bridgehead atoms. The Bertz CT molecular complexity index is 522. The molecule has 2 aromatic carbocycles. The lowest BCUT2D eigenvalue weighted by molar-refractivity contribution is 0.567. The van der Waals surface area contributed by atoms with E-state index in [0.717, 1.165) is 5.56 Å². The number of benzene rings is 2. The smallest absolute Gasteiger partial charge is 0.123 e. The summed E-state index contributed by atoms with van der Waals surface area (Å²) in [5.41, 5.74) is 3.53. The van der Waals surface area contributed by atoms with E-state index in [1.807, 2.05) is 18.2 Å². The average Bonchev–Trinajstić information content (AvgIpc) is 2.37. The SMILES string of the molecule is Cc1ccccc1[C@H](C)NCc1cccc(F)c1. The molecule has 1 nitrogen and oxygen atoms in total. The van der Waals surface area contributed by atoms with Crippen molar-refractivity contribution in [3.05, 3.63) is 71.0 Å². The third-order valence-electron chi connectivity index (χ3n) is 3.16. The number of hydrogen-bond donors (Lipinski definition) is 1. The van der Waals surface area contributed by atoms with Crippen molar-refractivity contribution < 1.29 is 4.39 Å². The van der Waals surface area contributed by atoms with Gasteiger partial charge in [-0.3, -0.25) is 0 Å². The maximum Gasteiger partial charge on any atom is 0.123 e. The van der Waals surface area contributed by atoms with Gasteiger partial charge >= 0.3 is 0 Å². The van der Waals surface area contributed by atoms with Gasteiger partial charge in [-0.25, -0.2) is 4.39 Å². The van der Waals surface area contributed by atoms with E-state index in [1.54, 1.807) is 12.1 Å². The van der Waals surface area contributed by atoms with Crippen LogP contribution in [0.3, 0.4) is 0 Å². The minimum absolute atomic E-state index is 0.183. The summed E-state index contributed by atoms with van der Waals surface area (Å²) in [4.78, 5) is 0. The maximum atomic E-state index is 13.1. The molecular formula is C16H18FN. The summed E-state index contributed by atoms with van der Waals surface area (Å²) in [6.07, 6.45) is 0. The number of nitrogens with one attached hydrogen (secondary N) is 1. The quantitative estimate of drug-likeness (QED) is 0.856. The summed E-state index contributed by atoms with van der Waals surface area (Å²) in [5, 5.41) is 3.42. The van der Waals surface area contributed by atoms with Gasteiger partial charge in [-0.15, -0.1) is 0 Å². The molecule has 0 saturated heterocycles. The van der Waals surface area contributed by atoms with Gasteiger partial charge in [-0.2, -0.15) is 0 Å². The Morgan fingerprint density at radius 2 is 1.89 bits per heavy atom. The van der Waals surface area contributed by atoms with E-state index < -0.39 is 0 Å². The van der Waals surface area contributed by atoms with E-state index in [4.69, 9.17) is 0 Å². The van der Waals surface area contributed by atoms with Crippen LogP contribution in [-0.4, -0.2) is 0 Å². The Hall–Kier alpha value is -1.67. The normalized spacial score (nSPS) is 12.4. The first kappa shape index (κ1) is 12.8. The summed E-state index contributed by atoms with van der Waals surface area (Å²) in [7, 11) is 0. The molecule has 18 heavy (non-hydrogen) atoms. The highest BCUT2D eigenvalue weighted by Gasteiger charge is 2.07. The molecule has 0 spiro atoms. The fourth-order valence-electron chi connectivity index (χ4n) is 2.10. The van der Waals surface area contributed by atoms with E-state index in [0.29, 0.717) is 6.54 Å². The predicted molar refractivity (Wildman–Crippen MR) is 72.8 cm³/mol. The van der Waals surface area contributed by atoms with E-state index >= 15 is 0 Å². The largest absolute Gasteiger partial charge is 0.306 e. The van der Waals surface area contributed by atoms with Crippen LogP contribution in [0.25, 0.3) is 0 Å². The fraction of sp³-hybridized carbons (Fsp3) is 0.250. The average molecular weight is 243 g/mol. The molecular weight excluding hydrogens is 225 g/mol. The Morgan fingerprint density at radius 1 is 1.11 bits per heavy atom. The molecule has 2 aromatic rings. The third-order valence-corrected chi connectivity index (χ3v) is 3.16. The lowest BCUT2D eigenvalue weighted by Crippen LogP contribution is -2.18. The topological polar surface area (TPSA) is 12.0 Å². The molecule has 0 aliphatic heterocycles. The van der Waals surface area contributed by atoms with Crippen molar-refractivity contribution in [2.45, 2.75) is 26.4 Å². The van der Waals surface area contributed by atoms with Crippen LogP contribution in [-0.2, 0) is 6.54 Å². The molecule has 0 saturated carbocycles. The number of hydrogen-bond acceptors (Lipinski definition) is 1. The van der Waals surface area contributed by atoms with E-state index in [2.05, 4.69) is 31.3 Å². The minimum atomic E-state index is -0.183. The molecule has 0 fully saturated rings. The summed E-state index contributed by atoms with van der Waals surface area (Å²) < 4.78 is 13.1. The van der Waals surface area contributed by atoms with Crippen LogP contribution in [0.5, 0.6) is 0 Å². The second kappa shape index (κ2) is 5.78.